The monoisotopic (exact) mass is 264 g/mol. The molecule has 0 radical (unpaired) electrons. The van der Waals surface area contributed by atoms with Crippen molar-refractivity contribution in [2.45, 2.75) is 27.7 Å². The van der Waals surface area contributed by atoms with Crippen molar-refractivity contribution in [1.29, 1.82) is 0 Å². The highest BCUT2D eigenvalue weighted by atomic mass is 16.3. The van der Waals surface area contributed by atoms with E-state index in [1.807, 2.05) is 4.90 Å². The fourth-order valence-corrected chi connectivity index (χ4v) is 1.98. The number of amides is 1. The molecule has 1 aromatic carbocycles. The summed E-state index contributed by atoms with van der Waals surface area (Å²) in [6, 6.07) is 4.65. The molecule has 0 fully saturated rings. The summed E-state index contributed by atoms with van der Waals surface area (Å²) < 4.78 is 0. The molecule has 1 amide bonds. The number of phenolic OH excluding ortho intramolecular Hbond substituents is 1. The Morgan fingerprint density at radius 3 is 2.16 bits per heavy atom. The fraction of sp³-hybridized carbons (Fsp3) is 0.533. The number of hydrogen-bond donors (Lipinski definition) is 2. The number of carbonyl (C=O) groups excluding carboxylic acids is 1. The van der Waals surface area contributed by atoms with Gasteiger partial charge in [-0.15, -0.1) is 0 Å². The number of nitrogens with two attached hydrogens (primary N) is 1. The van der Waals surface area contributed by atoms with Crippen molar-refractivity contribution >= 4 is 11.6 Å². The van der Waals surface area contributed by atoms with Crippen LogP contribution >= 0.6 is 0 Å². The number of rotatable bonds is 5. The lowest BCUT2D eigenvalue weighted by Gasteiger charge is -2.26. The first-order valence-corrected chi connectivity index (χ1v) is 6.69. The molecule has 1 rings (SSSR count). The maximum absolute atomic E-state index is 12.5. The van der Waals surface area contributed by atoms with Gasteiger partial charge in [-0.1, -0.05) is 27.7 Å². The zero-order chi connectivity index (χ0) is 14.6. The van der Waals surface area contributed by atoms with Gasteiger partial charge in [-0.2, -0.15) is 0 Å². The van der Waals surface area contributed by atoms with Crippen molar-refractivity contribution in [2.24, 2.45) is 11.8 Å². The first kappa shape index (κ1) is 15.3. The average Bonchev–Trinajstić information content (AvgIpc) is 2.29. The van der Waals surface area contributed by atoms with Gasteiger partial charge in [0, 0.05) is 18.7 Å². The van der Waals surface area contributed by atoms with E-state index in [1.165, 1.54) is 6.07 Å². The van der Waals surface area contributed by atoms with E-state index < -0.39 is 0 Å². The number of carbonyl (C=O) groups is 1. The van der Waals surface area contributed by atoms with Crippen LogP contribution < -0.4 is 5.73 Å². The molecule has 0 atom stereocenters. The molecule has 0 unspecified atom stereocenters. The van der Waals surface area contributed by atoms with Crippen LogP contribution in [0.25, 0.3) is 0 Å². The van der Waals surface area contributed by atoms with Gasteiger partial charge in [0.2, 0.25) is 0 Å². The van der Waals surface area contributed by atoms with E-state index in [0.717, 1.165) is 0 Å². The van der Waals surface area contributed by atoms with Gasteiger partial charge < -0.3 is 15.7 Å². The predicted octanol–water partition coefficient (Wildman–Crippen LogP) is 2.73. The highest BCUT2D eigenvalue weighted by molar-refractivity contribution is 5.95. The van der Waals surface area contributed by atoms with Crippen molar-refractivity contribution in [3.8, 4) is 5.75 Å². The second-order valence-corrected chi connectivity index (χ2v) is 5.77. The number of nitrogen functional groups attached to an aromatic ring is 1. The Labute approximate surface area is 115 Å². The first-order chi connectivity index (χ1) is 8.81. The molecule has 0 bridgehead atoms. The highest BCUT2D eigenvalue weighted by Gasteiger charge is 2.18. The molecule has 3 N–H and O–H groups in total. The zero-order valence-electron chi connectivity index (χ0n) is 12.2. The van der Waals surface area contributed by atoms with Gasteiger partial charge in [0.25, 0.3) is 5.91 Å². The van der Waals surface area contributed by atoms with Gasteiger partial charge in [0.05, 0.1) is 5.69 Å². The normalized spacial score (nSPS) is 11.1. The molecular formula is C15H24N2O2. The molecule has 106 valence electrons. The van der Waals surface area contributed by atoms with E-state index in [0.29, 0.717) is 30.5 Å². The van der Waals surface area contributed by atoms with Gasteiger partial charge in [0.1, 0.15) is 5.75 Å². The van der Waals surface area contributed by atoms with Crippen LogP contribution in [-0.4, -0.2) is 29.0 Å². The second kappa shape index (κ2) is 6.45. The van der Waals surface area contributed by atoms with E-state index in [4.69, 9.17) is 5.73 Å². The Balaban J connectivity index is 2.94. The minimum absolute atomic E-state index is 0.0418. The topological polar surface area (TPSA) is 66.6 Å². The van der Waals surface area contributed by atoms with Crippen molar-refractivity contribution in [3.05, 3.63) is 23.8 Å². The minimum atomic E-state index is -0.0577. The molecular weight excluding hydrogens is 240 g/mol. The van der Waals surface area contributed by atoms with Gasteiger partial charge in [-0.25, -0.2) is 0 Å². The van der Waals surface area contributed by atoms with Crippen LogP contribution in [0.4, 0.5) is 5.69 Å². The summed E-state index contributed by atoms with van der Waals surface area (Å²) in [7, 11) is 0. The van der Waals surface area contributed by atoms with Crippen molar-refractivity contribution in [1.82, 2.24) is 4.90 Å². The van der Waals surface area contributed by atoms with E-state index >= 15 is 0 Å². The van der Waals surface area contributed by atoms with Crippen LogP contribution in [-0.2, 0) is 0 Å². The largest absolute Gasteiger partial charge is 0.506 e. The molecule has 4 heteroatoms. The molecule has 0 saturated heterocycles. The molecule has 0 saturated carbocycles. The average molecular weight is 264 g/mol. The summed E-state index contributed by atoms with van der Waals surface area (Å²) in [5, 5.41) is 9.60. The number of phenols is 1. The SMILES string of the molecule is CC(C)CN(CC(C)C)C(=O)c1ccc(N)c(O)c1. The summed E-state index contributed by atoms with van der Waals surface area (Å²) in [5.41, 5.74) is 6.32. The minimum Gasteiger partial charge on any atom is -0.506 e. The highest BCUT2D eigenvalue weighted by Crippen LogP contribution is 2.22. The molecule has 0 aliphatic heterocycles. The molecule has 0 spiro atoms. The van der Waals surface area contributed by atoms with Gasteiger partial charge >= 0.3 is 0 Å². The third-order valence-electron chi connectivity index (χ3n) is 2.74. The smallest absolute Gasteiger partial charge is 0.254 e. The lowest BCUT2D eigenvalue weighted by Crippen LogP contribution is -2.37. The Kier molecular flexibility index (Phi) is 5.21. The van der Waals surface area contributed by atoms with E-state index in [1.54, 1.807) is 12.1 Å². The van der Waals surface area contributed by atoms with Crippen molar-refractivity contribution in [3.63, 3.8) is 0 Å². The molecule has 0 heterocycles. The van der Waals surface area contributed by atoms with Crippen LogP contribution in [0.3, 0.4) is 0 Å². The molecule has 0 aliphatic carbocycles. The number of hydrogen-bond acceptors (Lipinski definition) is 3. The third kappa shape index (κ3) is 4.47. The lowest BCUT2D eigenvalue weighted by molar-refractivity contribution is 0.0715. The standard InChI is InChI=1S/C15H24N2O2/c1-10(2)8-17(9-11(3)4)15(19)12-5-6-13(16)14(18)7-12/h5-7,10-11,18H,8-9,16H2,1-4H3. The Morgan fingerprint density at radius 1 is 1.21 bits per heavy atom. The van der Waals surface area contributed by atoms with Crippen LogP contribution in [0.5, 0.6) is 5.75 Å². The fourth-order valence-electron chi connectivity index (χ4n) is 1.98. The van der Waals surface area contributed by atoms with Crippen molar-refractivity contribution in [2.75, 3.05) is 18.8 Å². The summed E-state index contributed by atoms with van der Waals surface area (Å²) in [6.45, 7) is 9.76. The lowest BCUT2D eigenvalue weighted by atomic mass is 10.1. The Hall–Kier alpha value is -1.71. The summed E-state index contributed by atoms with van der Waals surface area (Å²) >= 11 is 0. The van der Waals surface area contributed by atoms with Crippen molar-refractivity contribution < 1.29 is 9.90 Å². The molecule has 0 aromatic heterocycles. The van der Waals surface area contributed by atoms with Gasteiger partial charge in [-0.3, -0.25) is 4.79 Å². The maximum Gasteiger partial charge on any atom is 0.254 e. The maximum atomic E-state index is 12.5. The van der Waals surface area contributed by atoms with Crippen LogP contribution in [0, 0.1) is 11.8 Å². The van der Waals surface area contributed by atoms with Gasteiger partial charge in [0.15, 0.2) is 0 Å². The van der Waals surface area contributed by atoms with E-state index in [-0.39, 0.29) is 17.3 Å². The summed E-state index contributed by atoms with van der Waals surface area (Å²) in [6.07, 6.45) is 0. The second-order valence-electron chi connectivity index (χ2n) is 5.77. The number of nitrogens with zero attached hydrogens (tertiary/aromatic N) is 1. The van der Waals surface area contributed by atoms with Crippen LogP contribution in [0.2, 0.25) is 0 Å². The molecule has 1 aromatic rings. The predicted molar refractivity (Wildman–Crippen MR) is 78.1 cm³/mol. The number of aromatic hydroxyl groups is 1. The quantitative estimate of drug-likeness (QED) is 0.634. The van der Waals surface area contributed by atoms with Crippen LogP contribution in [0.15, 0.2) is 18.2 Å². The summed E-state index contributed by atoms with van der Waals surface area (Å²) in [4.78, 5) is 14.3. The van der Waals surface area contributed by atoms with Crippen LogP contribution in [0.1, 0.15) is 38.1 Å². The number of anilines is 1. The van der Waals surface area contributed by atoms with E-state index in [2.05, 4.69) is 27.7 Å². The molecule has 19 heavy (non-hydrogen) atoms. The Bertz CT molecular complexity index is 432. The summed E-state index contributed by atoms with van der Waals surface area (Å²) in [5.74, 6) is 0.716. The first-order valence-electron chi connectivity index (χ1n) is 6.69. The zero-order valence-corrected chi connectivity index (χ0v) is 12.2. The molecule has 4 nitrogen and oxygen atoms in total. The van der Waals surface area contributed by atoms with Gasteiger partial charge in [-0.05, 0) is 30.0 Å². The van der Waals surface area contributed by atoms with E-state index in [9.17, 15) is 9.90 Å². The Morgan fingerprint density at radius 2 is 1.74 bits per heavy atom. The number of benzene rings is 1. The molecule has 0 aliphatic rings. The third-order valence-corrected chi connectivity index (χ3v) is 2.74.